The molecule has 0 aliphatic carbocycles. The summed E-state index contributed by atoms with van der Waals surface area (Å²) in [6.45, 7) is 1.06. The molecular weight excluding hydrogens is 258 g/mol. The van der Waals surface area contributed by atoms with Crippen LogP contribution in [0.3, 0.4) is 0 Å². The van der Waals surface area contributed by atoms with Gasteiger partial charge >= 0.3 is 11.9 Å². The van der Waals surface area contributed by atoms with Crippen molar-refractivity contribution in [1.82, 2.24) is 5.32 Å². The predicted molar refractivity (Wildman–Crippen MR) is 64.6 cm³/mol. The van der Waals surface area contributed by atoms with E-state index in [1.807, 2.05) is 0 Å². The highest BCUT2D eigenvalue weighted by molar-refractivity contribution is 7.12. The van der Waals surface area contributed by atoms with Gasteiger partial charge in [0.25, 0.3) is 5.91 Å². The molecule has 0 fully saturated rings. The first kappa shape index (κ1) is 14.2. The molecule has 0 aromatic carbocycles. The van der Waals surface area contributed by atoms with Crippen molar-refractivity contribution < 1.29 is 24.6 Å². The number of carboxylic acid groups (broad SMARTS) is 2. The average molecular weight is 271 g/mol. The van der Waals surface area contributed by atoms with Gasteiger partial charge in [-0.1, -0.05) is 6.07 Å². The Hall–Kier alpha value is -1.89. The van der Waals surface area contributed by atoms with E-state index < -0.39 is 29.7 Å². The van der Waals surface area contributed by atoms with Crippen LogP contribution in [-0.4, -0.2) is 34.6 Å². The number of hydrogen-bond donors (Lipinski definition) is 3. The number of aliphatic carboxylic acids is 2. The van der Waals surface area contributed by atoms with Gasteiger partial charge in [-0.05, 0) is 18.4 Å². The van der Waals surface area contributed by atoms with Crippen molar-refractivity contribution in [3.05, 3.63) is 22.4 Å². The minimum Gasteiger partial charge on any atom is -0.481 e. The molecule has 0 radical (unpaired) electrons. The van der Waals surface area contributed by atoms with Crippen molar-refractivity contribution in [2.45, 2.75) is 13.3 Å². The summed E-state index contributed by atoms with van der Waals surface area (Å²) in [5, 5.41) is 21.9. The Morgan fingerprint density at radius 2 is 2.06 bits per heavy atom. The minimum absolute atomic E-state index is 0.231. The molecule has 0 aliphatic rings. The largest absolute Gasteiger partial charge is 0.481 e. The quantitative estimate of drug-likeness (QED) is 0.717. The summed E-state index contributed by atoms with van der Waals surface area (Å²) in [7, 11) is 0. The van der Waals surface area contributed by atoms with Crippen molar-refractivity contribution in [2.24, 2.45) is 5.41 Å². The highest BCUT2D eigenvalue weighted by Crippen LogP contribution is 2.21. The smallest absolute Gasteiger partial charge is 0.311 e. The Morgan fingerprint density at radius 1 is 1.39 bits per heavy atom. The van der Waals surface area contributed by atoms with Crippen molar-refractivity contribution >= 4 is 29.2 Å². The summed E-state index contributed by atoms with van der Waals surface area (Å²) in [6.07, 6.45) is -0.549. The summed E-state index contributed by atoms with van der Waals surface area (Å²) >= 11 is 1.23. The first-order valence-electron chi connectivity index (χ1n) is 5.12. The second kappa shape index (κ2) is 5.63. The number of rotatable bonds is 6. The second-order valence-electron chi connectivity index (χ2n) is 4.10. The molecule has 1 atom stereocenters. The zero-order chi connectivity index (χ0) is 13.8. The van der Waals surface area contributed by atoms with Crippen LogP contribution in [0.5, 0.6) is 0 Å². The molecule has 0 aliphatic heterocycles. The molecule has 1 heterocycles. The van der Waals surface area contributed by atoms with Crippen LogP contribution in [0.15, 0.2) is 17.5 Å². The predicted octanol–water partition coefficient (Wildman–Crippen LogP) is 1.04. The first-order chi connectivity index (χ1) is 8.35. The van der Waals surface area contributed by atoms with Crippen molar-refractivity contribution in [3.63, 3.8) is 0 Å². The molecule has 6 nitrogen and oxygen atoms in total. The lowest BCUT2D eigenvalue weighted by atomic mass is 9.87. The van der Waals surface area contributed by atoms with Crippen LogP contribution in [0, 0.1) is 5.41 Å². The molecule has 7 heteroatoms. The number of amides is 1. The van der Waals surface area contributed by atoms with Crippen LogP contribution in [0.4, 0.5) is 0 Å². The molecule has 0 saturated heterocycles. The topological polar surface area (TPSA) is 104 Å². The molecule has 1 unspecified atom stereocenters. The van der Waals surface area contributed by atoms with E-state index in [9.17, 15) is 14.4 Å². The summed E-state index contributed by atoms with van der Waals surface area (Å²) in [6, 6.07) is 3.31. The number of nitrogens with one attached hydrogen (secondary N) is 1. The minimum atomic E-state index is -1.52. The number of thiophene rings is 1. The maximum atomic E-state index is 11.6. The third kappa shape index (κ3) is 3.56. The molecule has 1 aromatic rings. The lowest BCUT2D eigenvalue weighted by Gasteiger charge is -2.22. The molecule has 0 saturated carbocycles. The first-order valence-corrected chi connectivity index (χ1v) is 6.00. The molecule has 0 bridgehead atoms. The standard InChI is InChI=1S/C11H13NO5S/c1-11(10(16)17,5-8(13)14)6-12-9(15)7-3-2-4-18-7/h2-4H,5-6H2,1H3,(H,12,15)(H,13,14)(H,16,17). The number of carboxylic acids is 2. The maximum Gasteiger partial charge on any atom is 0.311 e. The van der Waals surface area contributed by atoms with Gasteiger partial charge in [0.15, 0.2) is 0 Å². The molecule has 0 spiro atoms. The zero-order valence-corrected chi connectivity index (χ0v) is 10.5. The fourth-order valence-corrected chi connectivity index (χ4v) is 1.96. The van der Waals surface area contributed by atoms with Crippen molar-refractivity contribution in [1.29, 1.82) is 0 Å². The third-order valence-corrected chi connectivity index (χ3v) is 3.31. The van der Waals surface area contributed by atoms with Gasteiger partial charge in [0.2, 0.25) is 0 Å². The number of hydrogen-bond acceptors (Lipinski definition) is 4. The highest BCUT2D eigenvalue weighted by Gasteiger charge is 2.36. The summed E-state index contributed by atoms with van der Waals surface area (Å²) in [5.41, 5.74) is -1.52. The van der Waals surface area contributed by atoms with Crippen molar-refractivity contribution in [2.75, 3.05) is 6.54 Å². The van der Waals surface area contributed by atoms with Crippen LogP contribution < -0.4 is 5.32 Å². The lowest BCUT2D eigenvalue weighted by Crippen LogP contribution is -2.42. The van der Waals surface area contributed by atoms with E-state index in [1.165, 1.54) is 18.3 Å². The summed E-state index contributed by atoms with van der Waals surface area (Å²) in [5.74, 6) is -2.87. The fraction of sp³-hybridized carbons (Fsp3) is 0.364. The second-order valence-corrected chi connectivity index (χ2v) is 5.04. The van der Waals surface area contributed by atoms with E-state index in [2.05, 4.69) is 5.32 Å². The number of carbonyl (C=O) groups is 3. The molecule has 3 N–H and O–H groups in total. The highest BCUT2D eigenvalue weighted by atomic mass is 32.1. The molecular formula is C11H13NO5S. The fourth-order valence-electron chi connectivity index (χ4n) is 1.32. The molecule has 1 aromatic heterocycles. The monoisotopic (exact) mass is 271 g/mol. The van der Waals surface area contributed by atoms with Crippen LogP contribution >= 0.6 is 11.3 Å². The Bertz CT molecular complexity index is 456. The van der Waals surface area contributed by atoms with E-state index in [0.717, 1.165) is 0 Å². The van der Waals surface area contributed by atoms with Crippen molar-refractivity contribution in [3.8, 4) is 0 Å². The van der Waals surface area contributed by atoms with Gasteiger partial charge in [0.05, 0.1) is 16.7 Å². The summed E-state index contributed by atoms with van der Waals surface area (Å²) in [4.78, 5) is 33.7. The lowest BCUT2D eigenvalue weighted by molar-refractivity contribution is -0.154. The Balaban J connectivity index is 2.66. The van der Waals surface area contributed by atoms with E-state index in [1.54, 1.807) is 17.5 Å². The zero-order valence-electron chi connectivity index (χ0n) is 9.67. The normalized spacial score (nSPS) is 13.6. The van der Waals surface area contributed by atoms with Gasteiger partial charge in [0, 0.05) is 6.54 Å². The van der Waals surface area contributed by atoms with Crippen LogP contribution in [0.25, 0.3) is 0 Å². The maximum absolute atomic E-state index is 11.6. The van der Waals surface area contributed by atoms with Gasteiger partial charge in [-0.2, -0.15) is 0 Å². The number of carbonyl (C=O) groups excluding carboxylic acids is 1. The average Bonchev–Trinajstić information content (AvgIpc) is 2.78. The summed E-state index contributed by atoms with van der Waals surface area (Å²) < 4.78 is 0. The SMILES string of the molecule is CC(CNC(=O)c1cccs1)(CC(=O)O)C(=O)O. The third-order valence-electron chi connectivity index (χ3n) is 2.44. The Labute approximate surface area is 107 Å². The Kier molecular flexibility index (Phi) is 4.43. The van der Waals surface area contributed by atoms with Gasteiger partial charge in [0.1, 0.15) is 0 Å². The van der Waals surface area contributed by atoms with E-state index in [4.69, 9.17) is 10.2 Å². The van der Waals surface area contributed by atoms with Crippen LogP contribution in [0.1, 0.15) is 23.0 Å². The van der Waals surface area contributed by atoms with Gasteiger partial charge in [-0.15, -0.1) is 11.3 Å². The van der Waals surface area contributed by atoms with E-state index >= 15 is 0 Å². The molecule has 18 heavy (non-hydrogen) atoms. The molecule has 1 amide bonds. The van der Waals surface area contributed by atoms with Gasteiger partial charge in [-0.3, -0.25) is 14.4 Å². The molecule has 98 valence electrons. The van der Waals surface area contributed by atoms with Crippen LogP contribution in [-0.2, 0) is 9.59 Å². The van der Waals surface area contributed by atoms with E-state index in [-0.39, 0.29) is 6.54 Å². The molecule has 1 rings (SSSR count). The van der Waals surface area contributed by atoms with Gasteiger partial charge in [-0.25, -0.2) is 0 Å². The Morgan fingerprint density at radius 3 is 2.50 bits per heavy atom. The van der Waals surface area contributed by atoms with E-state index in [0.29, 0.717) is 4.88 Å². The van der Waals surface area contributed by atoms with Gasteiger partial charge < -0.3 is 15.5 Å². The van der Waals surface area contributed by atoms with Crippen LogP contribution in [0.2, 0.25) is 0 Å².